The molecule has 2 amide bonds. The summed E-state index contributed by atoms with van der Waals surface area (Å²) in [7, 11) is 0. The first-order chi connectivity index (χ1) is 13.5. The number of thiophene rings is 1. The number of hydrogen-bond acceptors (Lipinski definition) is 4. The second-order valence-electron chi connectivity index (χ2n) is 7.24. The van der Waals surface area contributed by atoms with Gasteiger partial charge in [-0.15, -0.1) is 11.3 Å². The molecule has 0 saturated carbocycles. The van der Waals surface area contributed by atoms with E-state index in [0.29, 0.717) is 18.0 Å². The summed E-state index contributed by atoms with van der Waals surface area (Å²) in [6.45, 7) is 5.13. The van der Waals surface area contributed by atoms with Gasteiger partial charge in [-0.2, -0.15) is 0 Å². The molecule has 1 aliphatic heterocycles. The van der Waals surface area contributed by atoms with Gasteiger partial charge in [0.25, 0.3) is 5.91 Å². The average molecular weight is 394 g/mol. The second-order valence-corrected chi connectivity index (χ2v) is 8.18. The molecule has 5 nitrogen and oxygen atoms in total. The van der Waals surface area contributed by atoms with Crippen LogP contribution in [0.3, 0.4) is 0 Å². The minimum Gasteiger partial charge on any atom is -0.461 e. The Bertz CT molecular complexity index is 1000. The van der Waals surface area contributed by atoms with Crippen LogP contribution >= 0.6 is 11.3 Å². The fraction of sp³-hybridized carbons (Fsp3) is 0.273. The maximum atomic E-state index is 12.3. The van der Waals surface area contributed by atoms with Gasteiger partial charge in [-0.1, -0.05) is 32.0 Å². The van der Waals surface area contributed by atoms with Crippen molar-refractivity contribution < 1.29 is 14.0 Å². The molecular weight excluding hydrogens is 372 g/mol. The van der Waals surface area contributed by atoms with Crippen molar-refractivity contribution in [3.05, 3.63) is 64.0 Å². The topological polar surface area (TPSA) is 62.6 Å². The number of fused-ring (bicyclic) bond motifs is 1. The molecule has 4 rings (SSSR count). The summed E-state index contributed by atoms with van der Waals surface area (Å²) in [6.07, 6.45) is 0.725. The fourth-order valence-corrected chi connectivity index (χ4v) is 4.00. The Morgan fingerprint density at radius 2 is 2.04 bits per heavy atom. The van der Waals surface area contributed by atoms with Crippen LogP contribution in [0.5, 0.6) is 0 Å². The number of amides is 2. The lowest BCUT2D eigenvalue weighted by Crippen LogP contribution is -2.37. The third-order valence-electron chi connectivity index (χ3n) is 4.82. The first-order valence-corrected chi connectivity index (χ1v) is 10.2. The Balaban J connectivity index is 1.53. The number of furan rings is 1. The highest BCUT2D eigenvalue weighted by Crippen LogP contribution is 2.31. The summed E-state index contributed by atoms with van der Waals surface area (Å²) in [5.74, 6) is 1.75. The van der Waals surface area contributed by atoms with Gasteiger partial charge in [-0.25, -0.2) is 0 Å². The van der Waals surface area contributed by atoms with E-state index >= 15 is 0 Å². The van der Waals surface area contributed by atoms with Gasteiger partial charge in [-0.3, -0.25) is 9.59 Å². The SMILES string of the molecule is CC(C)C(=O)N1CCc2oc(-c3cccc(NC(=O)c4cccs4)c3)cc2C1. The van der Waals surface area contributed by atoms with E-state index in [4.69, 9.17) is 4.42 Å². The van der Waals surface area contributed by atoms with Gasteiger partial charge in [0.2, 0.25) is 5.91 Å². The predicted molar refractivity (Wildman–Crippen MR) is 110 cm³/mol. The van der Waals surface area contributed by atoms with Gasteiger partial charge in [0, 0.05) is 42.2 Å². The van der Waals surface area contributed by atoms with Crippen molar-refractivity contribution >= 4 is 28.8 Å². The van der Waals surface area contributed by atoms with E-state index in [1.165, 1.54) is 11.3 Å². The lowest BCUT2D eigenvalue weighted by atomic mass is 10.1. The molecule has 3 aromatic rings. The summed E-state index contributed by atoms with van der Waals surface area (Å²) < 4.78 is 6.06. The van der Waals surface area contributed by atoms with Gasteiger partial charge in [0.15, 0.2) is 0 Å². The Hall–Kier alpha value is -2.86. The minimum absolute atomic E-state index is 0.00319. The van der Waals surface area contributed by atoms with Crippen LogP contribution in [-0.2, 0) is 17.8 Å². The van der Waals surface area contributed by atoms with Crippen LogP contribution in [0.15, 0.2) is 52.3 Å². The van der Waals surface area contributed by atoms with Crippen LogP contribution in [0.25, 0.3) is 11.3 Å². The summed E-state index contributed by atoms with van der Waals surface area (Å²) in [4.78, 5) is 27.1. The van der Waals surface area contributed by atoms with Crippen LogP contribution < -0.4 is 5.32 Å². The number of hydrogen-bond donors (Lipinski definition) is 1. The highest BCUT2D eigenvalue weighted by molar-refractivity contribution is 7.12. The molecule has 1 N–H and O–H groups in total. The molecule has 0 aliphatic carbocycles. The predicted octanol–water partition coefficient (Wildman–Crippen LogP) is 4.80. The molecule has 0 atom stereocenters. The van der Waals surface area contributed by atoms with Crippen LogP contribution in [0, 0.1) is 5.92 Å². The third kappa shape index (κ3) is 3.73. The van der Waals surface area contributed by atoms with Crippen molar-refractivity contribution in [3.63, 3.8) is 0 Å². The molecule has 0 spiro atoms. The van der Waals surface area contributed by atoms with Crippen molar-refractivity contribution in [2.75, 3.05) is 11.9 Å². The van der Waals surface area contributed by atoms with E-state index in [1.807, 2.05) is 60.5 Å². The maximum absolute atomic E-state index is 12.3. The zero-order valence-electron chi connectivity index (χ0n) is 15.9. The number of rotatable bonds is 4. The number of nitrogens with one attached hydrogen (secondary N) is 1. The monoisotopic (exact) mass is 394 g/mol. The van der Waals surface area contributed by atoms with Gasteiger partial charge in [0.05, 0.1) is 4.88 Å². The largest absolute Gasteiger partial charge is 0.461 e. The number of carbonyl (C=O) groups excluding carboxylic acids is 2. The maximum Gasteiger partial charge on any atom is 0.265 e. The highest BCUT2D eigenvalue weighted by atomic mass is 32.1. The van der Waals surface area contributed by atoms with Crippen LogP contribution in [-0.4, -0.2) is 23.3 Å². The smallest absolute Gasteiger partial charge is 0.265 e. The van der Waals surface area contributed by atoms with Gasteiger partial charge < -0.3 is 14.6 Å². The minimum atomic E-state index is -0.117. The average Bonchev–Trinajstić information content (AvgIpc) is 3.36. The molecular formula is C22H22N2O3S. The Kier molecular flexibility index (Phi) is 5.05. The molecule has 1 aliphatic rings. The van der Waals surface area contributed by atoms with Gasteiger partial charge >= 0.3 is 0 Å². The van der Waals surface area contributed by atoms with Crippen molar-refractivity contribution in [1.29, 1.82) is 0 Å². The zero-order chi connectivity index (χ0) is 19.7. The molecule has 28 heavy (non-hydrogen) atoms. The summed E-state index contributed by atoms with van der Waals surface area (Å²) in [5.41, 5.74) is 2.69. The number of carbonyl (C=O) groups is 2. The lowest BCUT2D eigenvalue weighted by Gasteiger charge is -2.27. The number of anilines is 1. The van der Waals surface area contributed by atoms with E-state index in [9.17, 15) is 9.59 Å². The molecule has 1 aromatic carbocycles. The highest BCUT2D eigenvalue weighted by Gasteiger charge is 2.25. The van der Waals surface area contributed by atoms with Crippen molar-refractivity contribution in [2.45, 2.75) is 26.8 Å². The molecule has 0 fully saturated rings. The first-order valence-electron chi connectivity index (χ1n) is 9.37. The molecule has 144 valence electrons. The second kappa shape index (κ2) is 7.64. The van der Waals surface area contributed by atoms with Crippen LogP contribution in [0.1, 0.15) is 34.8 Å². The number of nitrogens with zero attached hydrogens (tertiary/aromatic N) is 1. The van der Waals surface area contributed by atoms with E-state index in [0.717, 1.165) is 34.8 Å². The molecule has 0 saturated heterocycles. The van der Waals surface area contributed by atoms with Crippen LogP contribution in [0.2, 0.25) is 0 Å². The zero-order valence-corrected chi connectivity index (χ0v) is 16.7. The van der Waals surface area contributed by atoms with E-state index < -0.39 is 0 Å². The molecule has 3 heterocycles. The Morgan fingerprint density at radius 3 is 2.79 bits per heavy atom. The normalized spacial score (nSPS) is 13.5. The van der Waals surface area contributed by atoms with Crippen molar-refractivity contribution in [2.24, 2.45) is 5.92 Å². The summed E-state index contributed by atoms with van der Waals surface area (Å²) >= 11 is 1.41. The Labute approximate surface area is 168 Å². The van der Waals surface area contributed by atoms with E-state index in [2.05, 4.69) is 5.32 Å². The van der Waals surface area contributed by atoms with Gasteiger partial charge in [-0.05, 0) is 29.6 Å². The molecule has 0 radical (unpaired) electrons. The fourth-order valence-electron chi connectivity index (χ4n) is 3.38. The van der Waals surface area contributed by atoms with E-state index in [1.54, 1.807) is 6.07 Å². The standard InChI is InChI=1S/C22H22N2O3S/c1-14(2)22(26)24-9-8-18-16(13-24)12-19(27-18)15-5-3-6-17(11-15)23-21(25)20-7-4-10-28-20/h3-7,10-12,14H,8-9,13H2,1-2H3,(H,23,25). The van der Waals surface area contributed by atoms with Crippen molar-refractivity contribution in [3.8, 4) is 11.3 Å². The third-order valence-corrected chi connectivity index (χ3v) is 5.69. The molecule has 6 heteroatoms. The quantitative estimate of drug-likeness (QED) is 0.691. The van der Waals surface area contributed by atoms with Gasteiger partial charge in [0.1, 0.15) is 11.5 Å². The van der Waals surface area contributed by atoms with E-state index in [-0.39, 0.29) is 17.7 Å². The summed E-state index contributed by atoms with van der Waals surface area (Å²) in [6, 6.07) is 13.3. The van der Waals surface area contributed by atoms with Crippen LogP contribution in [0.4, 0.5) is 5.69 Å². The molecule has 2 aromatic heterocycles. The Morgan fingerprint density at radius 1 is 1.18 bits per heavy atom. The number of benzene rings is 1. The molecule has 0 unspecified atom stereocenters. The lowest BCUT2D eigenvalue weighted by molar-refractivity contribution is -0.135. The first kappa shape index (κ1) is 18.5. The molecule has 0 bridgehead atoms. The van der Waals surface area contributed by atoms with Crippen molar-refractivity contribution in [1.82, 2.24) is 4.90 Å². The summed E-state index contributed by atoms with van der Waals surface area (Å²) in [5, 5.41) is 4.81.